The highest BCUT2D eigenvalue weighted by Crippen LogP contribution is 2.22. The van der Waals surface area contributed by atoms with Crippen molar-refractivity contribution in [3.05, 3.63) is 51.7 Å². The molecule has 0 saturated carbocycles. The van der Waals surface area contributed by atoms with Crippen molar-refractivity contribution in [3.63, 3.8) is 0 Å². The van der Waals surface area contributed by atoms with Gasteiger partial charge in [0.1, 0.15) is 5.56 Å². The number of nitrogens with one attached hydrogen (secondary N) is 1. The van der Waals surface area contributed by atoms with E-state index >= 15 is 0 Å². The van der Waals surface area contributed by atoms with Crippen LogP contribution in [0.1, 0.15) is 16.2 Å². The minimum Gasteiger partial charge on any atom is -0.344 e. The number of nitrogens with zero attached hydrogens (tertiary/aromatic N) is 3. The smallest absolute Gasteiger partial charge is 0.285 e. The molecule has 0 aliphatic carbocycles. The monoisotopic (exact) mass is 284 g/mol. The number of aromatic nitrogens is 2. The molecule has 2 rings (SSSR count). The van der Waals surface area contributed by atoms with Crippen LogP contribution in [0.4, 0.5) is 14.5 Å². The SMILES string of the molecule is O=C(NCc1ncon1)c1cc(F)c(F)cc1[N+](=O)[O-]. The number of halogens is 2. The van der Waals surface area contributed by atoms with E-state index in [2.05, 4.69) is 20.0 Å². The predicted octanol–water partition coefficient (Wildman–Crippen LogP) is 1.19. The first-order valence-corrected chi connectivity index (χ1v) is 5.16. The van der Waals surface area contributed by atoms with Crippen LogP contribution in [-0.4, -0.2) is 21.0 Å². The Hall–Kier alpha value is -2.91. The van der Waals surface area contributed by atoms with E-state index in [0.29, 0.717) is 12.1 Å². The number of hydrogen-bond acceptors (Lipinski definition) is 6. The summed E-state index contributed by atoms with van der Waals surface area (Å²) >= 11 is 0. The summed E-state index contributed by atoms with van der Waals surface area (Å²) in [5.74, 6) is -3.60. The maximum absolute atomic E-state index is 13.1. The molecule has 1 N–H and O–H groups in total. The number of nitro groups is 1. The van der Waals surface area contributed by atoms with Gasteiger partial charge >= 0.3 is 0 Å². The van der Waals surface area contributed by atoms with Gasteiger partial charge in [0, 0.05) is 0 Å². The second kappa shape index (κ2) is 5.38. The Kier molecular flexibility index (Phi) is 3.64. The lowest BCUT2D eigenvalue weighted by Gasteiger charge is -2.04. The maximum Gasteiger partial charge on any atom is 0.285 e. The Labute approximate surface area is 109 Å². The number of rotatable bonds is 4. The largest absolute Gasteiger partial charge is 0.344 e. The van der Waals surface area contributed by atoms with Gasteiger partial charge in [-0.1, -0.05) is 5.16 Å². The molecule has 20 heavy (non-hydrogen) atoms. The van der Waals surface area contributed by atoms with Crippen molar-refractivity contribution in [2.24, 2.45) is 0 Å². The first-order valence-electron chi connectivity index (χ1n) is 5.16. The summed E-state index contributed by atoms with van der Waals surface area (Å²) < 4.78 is 30.4. The molecule has 10 heteroatoms. The lowest BCUT2D eigenvalue weighted by atomic mass is 10.1. The zero-order valence-corrected chi connectivity index (χ0v) is 9.67. The standard InChI is InChI=1S/C10H6F2N4O4/c11-6-1-5(8(16(18)19)2-7(6)12)10(17)13-3-9-14-4-20-15-9/h1-2,4H,3H2,(H,13,17). The van der Waals surface area contributed by atoms with Crippen molar-refractivity contribution in [3.8, 4) is 0 Å². The lowest BCUT2D eigenvalue weighted by molar-refractivity contribution is -0.385. The van der Waals surface area contributed by atoms with Gasteiger partial charge < -0.3 is 9.84 Å². The van der Waals surface area contributed by atoms with Crippen LogP contribution in [0.25, 0.3) is 0 Å². The molecule has 0 aliphatic heterocycles. The molecule has 0 atom stereocenters. The van der Waals surface area contributed by atoms with E-state index in [4.69, 9.17) is 0 Å². The number of hydrogen-bond donors (Lipinski definition) is 1. The van der Waals surface area contributed by atoms with Crippen LogP contribution in [0, 0.1) is 21.7 Å². The Bertz CT molecular complexity index is 660. The number of benzene rings is 1. The van der Waals surface area contributed by atoms with Gasteiger partial charge in [-0.15, -0.1) is 0 Å². The van der Waals surface area contributed by atoms with Crippen LogP contribution in [-0.2, 0) is 6.54 Å². The van der Waals surface area contributed by atoms with Crippen molar-refractivity contribution in [2.75, 3.05) is 0 Å². The van der Waals surface area contributed by atoms with E-state index < -0.39 is 33.7 Å². The molecule has 1 heterocycles. The van der Waals surface area contributed by atoms with Gasteiger partial charge in [-0.25, -0.2) is 8.78 Å². The van der Waals surface area contributed by atoms with Crippen LogP contribution in [0.2, 0.25) is 0 Å². The number of amides is 1. The van der Waals surface area contributed by atoms with Crippen LogP contribution in [0.5, 0.6) is 0 Å². The predicted molar refractivity (Wildman–Crippen MR) is 58.5 cm³/mol. The van der Waals surface area contributed by atoms with E-state index in [1.54, 1.807) is 0 Å². The summed E-state index contributed by atoms with van der Waals surface area (Å²) in [4.78, 5) is 25.1. The third-order valence-corrected chi connectivity index (χ3v) is 2.29. The molecular formula is C10H6F2N4O4. The van der Waals surface area contributed by atoms with Crippen LogP contribution in [0.15, 0.2) is 23.0 Å². The van der Waals surface area contributed by atoms with Gasteiger partial charge in [0.2, 0.25) is 6.39 Å². The fourth-order valence-electron chi connectivity index (χ4n) is 1.39. The quantitative estimate of drug-likeness (QED) is 0.666. The van der Waals surface area contributed by atoms with Crippen molar-refractivity contribution < 1.29 is 23.0 Å². The highest BCUT2D eigenvalue weighted by atomic mass is 19.2. The van der Waals surface area contributed by atoms with Gasteiger partial charge in [-0.05, 0) is 6.07 Å². The maximum atomic E-state index is 13.1. The van der Waals surface area contributed by atoms with Crippen LogP contribution in [0.3, 0.4) is 0 Å². The van der Waals surface area contributed by atoms with E-state index in [9.17, 15) is 23.7 Å². The summed E-state index contributed by atoms with van der Waals surface area (Å²) in [5.41, 5.74) is -1.44. The van der Waals surface area contributed by atoms with Gasteiger partial charge in [-0.2, -0.15) is 4.98 Å². The molecule has 0 radical (unpaired) electrons. The summed E-state index contributed by atoms with van der Waals surface area (Å²) in [7, 11) is 0. The molecule has 0 saturated heterocycles. The Morgan fingerprint density at radius 2 is 2.10 bits per heavy atom. The third kappa shape index (κ3) is 2.74. The number of nitro benzene ring substituents is 1. The van der Waals surface area contributed by atoms with Crippen molar-refractivity contribution in [1.82, 2.24) is 15.5 Å². The zero-order valence-electron chi connectivity index (χ0n) is 9.67. The molecule has 2 aromatic rings. The van der Waals surface area contributed by atoms with E-state index in [0.717, 1.165) is 6.39 Å². The summed E-state index contributed by atoms with van der Waals surface area (Å²) in [6, 6.07) is 0.803. The Balaban J connectivity index is 2.24. The topological polar surface area (TPSA) is 111 Å². The van der Waals surface area contributed by atoms with Gasteiger partial charge in [0.15, 0.2) is 17.5 Å². The van der Waals surface area contributed by atoms with Crippen LogP contribution >= 0.6 is 0 Å². The first-order chi connectivity index (χ1) is 9.49. The first kappa shape index (κ1) is 13.5. The molecule has 0 aliphatic rings. The van der Waals surface area contributed by atoms with Gasteiger partial charge in [-0.3, -0.25) is 14.9 Å². The number of carbonyl (C=O) groups excluding carboxylic acids is 1. The second-order valence-corrected chi connectivity index (χ2v) is 3.57. The average molecular weight is 284 g/mol. The molecule has 1 amide bonds. The summed E-state index contributed by atoms with van der Waals surface area (Å²) in [6.07, 6.45) is 1.03. The van der Waals surface area contributed by atoms with E-state index in [1.807, 2.05) is 0 Å². The molecule has 0 unspecified atom stereocenters. The Morgan fingerprint density at radius 3 is 2.70 bits per heavy atom. The molecule has 104 valence electrons. The molecule has 0 bridgehead atoms. The third-order valence-electron chi connectivity index (χ3n) is 2.29. The summed E-state index contributed by atoms with van der Waals surface area (Å²) in [5, 5.41) is 16.3. The van der Waals surface area contributed by atoms with Gasteiger partial charge in [0.25, 0.3) is 11.6 Å². The van der Waals surface area contributed by atoms with Crippen LogP contribution < -0.4 is 5.32 Å². The van der Waals surface area contributed by atoms with Crippen molar-refractivity contribution >= 4 is 11.6 Å². The lowest BCUT2D eigenvalue weighted by Crippen LogP contribution is -2.24. The molecule has 8 nitrogen and oxygen atoms in total. The normalized spacial score (nSPS) is 10.3. The second-order valence-electron chi connectivity index (χ2n) is 3.57. The molecule has 1 aromatic heterocycles. The highest BCUT2D eigenvalue weighted by molar-refractivity contribution is 5.98. The Morgan fingerprint density at radius 1 is 1.40 bits per heavy atom. The minimum atomic E-state index is -1.41. The summed E-state index contributed by atoms with van der Waals surface area (Å²) in [6.45, 7) is -0.175. The molecule has 1 aromatic carbocycles. The van der Waals surface area contributed by atoms with E-state index in [1.165, 1.54) is 0 Å². The fourth-order valence-corrected chi connectivity index (χ4v) is 1.39. The number of carbonyl (C=O) groups is 1. The highest BCUT2D eigenvalue weighted by Gasteiger charge is 2.23. The zero-order chi connectivity index (χ0) is 14.7. The molecule has 0 fully saturated rings. The van der Waals surface area contributed by atoms with E-state index in [-0.39, 0.29) is 12.4 Å². The van der Waals surface area contributed by atoms with Gasteiger partial charge in [0.05, 0.1) is 17.5 Å². The van der Waals surface area contributed by atoms with Crippen molar-refractivity contribution in [2.45, 2.75) is 6.54 Å². The van der Waals surface area contributed by atoms with Crippen molar-refractivity contribution in [1.29, 1.82) is 0 Å². The molecular weight excluding hydrogens is 278 g/mol. The minimum absolute atomic E-state index is 0.128. The average Bonchev–Trinajstić information content (AvgIpc) is 2.91. The fraction of sp³-hybridized carbons (Fsp3) is 0.100. The molecule has 0 spiro atoms.